The molecule has 0 N–H and O–H groups in total. The lowest BCUT2D eigenvalue weighted by atomic mass is 10.1. The Labute approximate surface area is 177 Å². The van der Waals surface area contributed by atoms with Crippen molar-refractivity contribution >= 4 is 46.6 Å². The van der Waals surface area contributed by atoms with E-state index in [4.69, 9.17) is 21.1 Å². The normalized spacial score (nSPS) is 15.1. The summed E-state index contributed by atoms with van der Waals surface area (Å²) in [4.78, 5) is 37.4. The van der Waals surface area contributed by atoms with E-state index in [2.05, 4.69) is 0 Å². The zero-order valence-electron chi connectivity index (χ0n) is 15.6. The fourth-order valence-electron chi connectivity index (χ4n) is 2.59. The second-order valence-corrected chi connectivity index (χ2v) is 7.46. The van der Waals surface area contributed by atoms with Crippen molar-refractivity contribution < 1.29 is 23.9 Å². The standard InChI is InChI=1S/C21H18ClNO5S/c1-2-27-19(24)12-23-20(25)18(29-21(23)26)11-15-5-3-4-6-17(15)28-13-14-7-9-16(22)10-8-14/h3-11H,2,12-13H2,1H3/b18-11+. The van der Waals surface area contributed by atoms with Crippen molar-refractivity contribution in [2.45, 2.75) is 13.5 Å². The molecule has 6 nitrogen and oxygen atoms in total. The molecule has 0 unspecified atom stereocenters. The van der Waals surface area contributed by atoms with Crippen LogP contribution in [0, 0.1) is 0 Å². The number of hydrogen-bond acceptors (Lipinski definition) is 6. The topological polar surface area (TPSA) is 72.9 Å². The van der Waals surface area contributed by atoms with Crippen LogP contribution < -0.4 is 4.74 Å². The van der Waals surface area contributed by atoms with Gasteiger partial charge in [0.2, 0.25) is 0 Å². The van der Waals surface area contributed by atoms with E-state index in [1.54, 1.807) is 37.3 Å². The summed E-state index contributed by atoms with van der Waals surface area (Å²) in [6.07, 6.45) is 1.59. The number of para-hydroxylation sites is 1. The Morgan fingerprint density at radius 3 is 2.59 bits per heavy atom. The summed E-state index contributed by atoms with van der Waals surface area (Å²) in [6, 6.07) is 14.5. The Hall–Kier alpha value is -2.77. The second kappa shape index (κ2) is 9.62. The first kappa shape index (κ1) is 21.0. The fraction of sp³-hybridized carbons (Fsp3) is 0.190. The summed E-state index contributed by atoms with van der Waals surface area (Å²) in [6.45, 7) is 1.77. The number of esters is 1. The van der Waals surface area contributed by atoms with Gasteiger partial charge in [0.1, 0.15) is 18.9 Å². The van der Waals surface area contributed by atoms with Crippen LogP contribution in [0.2, 0.25) is 5.02 Å². The fourth-order valence-corrected chi connectivity index (χ4v) is 3.54. The Balaban J connectivity index is 1.74. The van der Waals surface area contributed by atoms with E-state index in [1.165, 1.54) is 0 Å². The molecule has 1 aliphatic heterocycles. The molecule has 0 saturated carbocycles. The summed E-state index contributed by atoms with van der Waals surface area (Å²) in [7, 11) is 0. The summed E-state index contributed by atoms with van der Waals surface area (Å²) < 4.78 is 10.7. The molecule has 2 aromatic rings. The predicted octanol–water partition coefficient (Wildman–Crippen LogP) is 4.52. The molecule has 0 radical (unpaired) electrons. The number of hydrogen-bond donors (Lipinski definition) is 0. The quantitative estimate of drug-likeness (QED) is 0.474. The Kier molecular flexibility index (Phi) is 6.95. The van der Waals surface area contributed by atoms with Gasteiger partial charge >= 0.3 is 5.97 Å². The summed E-state index contributed by atoms with van der Waals surface area (Å²) in [5, 5.41) is 0.140. The van der Waals surface area contributed by atoms with E-state index in [0.29, 0.717) is 22.9 Å². The molecule has 1 fully saturated rings. The number of amides is 2. The van der Waals surface area contributed by atoms with Crippen LogP contribution in [-0.2, 0) is 20.9 Å². The van der Waals surface area contributed by atoms with E-state index in [0.717, 1.165) is 22.2 Å². The number of imide groups is 1. The number of nitrogens with zero attached hydrogens (tertiary/aromatic N) is 1. The number of ether oxygens (including phenoxy) is 2. The molecule has 0 aliphatic carbocycles. The minimum Gasteiger partial charge on any atom is -0.488 e. The molecule has 0 aromatic heterocycles. The van der Waals surface area contributed by atoms with Gasteiger partial charge in [-0.1, -0.05) is 41.9 Å². The van der Waals surface area contributed by atoms with Crippen LogP contribution in [0.15, 0.2) is 53.4 Å². The highest BCUT2D eigenvalue weighted by molar-refractivity contribution is 8.18. The highest BCUT2D eigenvalue weighted by atomic mass is 35.5. The van der Waals surface area contributed by atoms with E-state index in [9.17, 15) is 14.4 Å². The minimum atomic E-state index is -0.622. The Morgan fingerprint density at radius 1 is 1.14 bits per heavy atom. The zero-order chi connectivity index (χ0) is 20.8. The van der Waals surface area contributed by atoms with Gasteiger partial charge < -0.3 is 9.47 Å². The predicted molar refractivity (Wildman–Crippen MR) is 112 cm³/mol. The number of halogens is 1. The van der Waals surface area contributed by atoms with Gasteiger partial charge in [-0.15, -0.1) is 0 Å². The molecule has 0 atom stereocenters. The average Bonchev–Trinajstić information content (AvgIpc) is 2.96. The molecule has 1 saturated heterocycles. The van der Waals surface area contributed by atoms with Crippen LogP contribution in [0.3, 0.4) is 0 Å². The van der Waals surface area contributed by atoms with Gasteiger partial charge in [-0.05, 0) is 48.5 Å². The van der Waals surface area contributed by atoms with Crippen molar-refractivity contribution in [1.82, 2.24) is 4.90 Å². The number of thioether (sulfide) groups is 1. The van der Waals surface area contributed by atoms with Crippen molar-refractivity contribution in [1.29, 1.82) is 0 Å². The molecule has 0 spiro atoms. The molecule has 3 rings (SSSR count). The third-order valence-electron chi connectivity index (χ3n) is 3.98. The SMILES string of the molecule is CCOC(=O)CN1C(=O)S/C(=C/c2ccccc2OCc2ccc(Cl)cc2)C1=O. The maximum Gasteiger partial charge on any atom is 0.326 e. The molecule has 2 aromatic carbocycles. The number of carbonyl (C=O) groups is 3. The first-order valence-corrected chi connectivity index (χ1v) is 10.0. The van der Waals surface area contributed by atoms with Crippen LogP contribution in [0.4, 0.5) is 4.79 Å². The molecular weight excluding hydrogens is 414 g/mol. The average molecular weight is 432 g/mol. The van der Waals surface area contributed by atoms with Gasteiger partial charge in [0.25, 0.3) is 11.1 Å². The highest BCUT2D eigenvalue weighted by Gasteiger charge is 2.36. The van der Waals surface area contributed by atoms with Crippen molar-refractivity contribution in [2.24, 2.45) is 0 Å². The van der Waals surface area contributed by atoms with Gasteiger partial charge in [-0.25, -0.2) is 0 Å². The van der Waals surface area contributed by atoms with Gasteiger partial charge in [-0.2, -0.15) is 0 Å². The highest BCUT2D eigenvalue weighted by Crippen LogP contribution is 2.34. The zero-order valence-corrected chi connectivity index (χ0v) is 17.2. The first-order chi connectivity index (χ1) is 14.0. The van der Waals surface area contributed by atoms with E-state index < -0.39 is 23.7 Å². The third-order valence-corrected chi connectivity index (χ3v) is 5.14. The minimum absolute atomic E-state index is 0.184. The molecule has 150 valence electrons. The monoisotopic (exact) mass is 431 g/mol. The summed E-state index contributed by atoms with van der Waals surface area (Å²) in [5.41, 5.74) is 1.60. The maximum absolute atomic E-state index is 12.5. The number of rotatable bonds is 7. The van der Waals surface area contributed by atoms with E-state index in [-0.39, 0.29) is 11.5 Å². The molecule has 0 bridgehead atoms. The smallest absolute Gasteiger partial charge is 0.326 e. The number of benzene rings is 2. The van der Waals surface area contributed by atoms with Gasteiger partial charge in [0.05, 0.1) is 11.5 Å². The van der Waals surface area contributed by atoms with E-state index >= 15 is 0 Å². The lowest BCUT2D eigenvalue weighted by Crippen LogP contribution is -2.34. The van der Waals surface area contributed by atoms with Crippen LogP contribution in [-0.4, -0.2) is 35.2 Å². The molecule has 29 heavy (non-hydrogen) atoms. The lowest BCUT2D eigenvalue weighted by Gasteiger charge is -2.11. The second-order valence-electron chi connectivity index (χ2n) is 6.03. The van der Waals surface area contributed by atoms with Gasteiger partial charge in [-0.3, -0.25) is 19.3 Å². The van der Waals surface area contributed by atoms with Crippen molar-refractivity contribution in [3.05, 3.63) is 69.6 Å². The molecule has 1 heterocycles. The Bertz CT molecular complexity index is 958. The van der Waals surface area contributed by atoms with Crippen molar-refractivity contribution in [3.8, 4) is 5.75 Å². The van der Waals surface area contributed by atoms with Crippen LogP contribution in [0.5, 0.6) is 5.75 Å². The van der Waals surface area contributed by atoms with Gasteiger partial charge in [0.15, 0.2) is 0 Å². The third kappa shape index (κ3) is 5.40. The van der Waals surface area contributed by atoms with Crippen molar-refractivity contribution in [2.75, 3.05) is 13.2 Å². The molecular formula is C21H18ClNO5S. The molecule has 1 aliphatic rings. The molecule has 2 amide bonds. The maximum atomic E-state index is 12.5. The van der Waals surface area contributed by atoms with E-state index in [1.807, 2.05) is 24.3 Å². The first-order valence-electron chi connectivity index (χ1n) is 8.85. The number of carbonyl (C=O) groups excluding carboxylic acids is 3. The van der Waals surface area contributed by atoms with Gasteiger partial charge in [0, 0.05) is 10.6 Å². The van der Waals surface area contributed by atoms with Crippen LogP contribution in [0.1, 0.15) is 18.1 Å². The largest absolute Gasteiger partial charge is 0.488 e. The van der Waals surface area contributed by atoms with Crippen LogP contribution in [0.25, 0.3) is 6.08 Å². The lowest BCUT2D eigenvalue weighted by molar-refractivity contribution is -0.145. The Morgan fingerprint density at radius 2 is 1.86 bits per heavy atom. The van der Waals surface area contributed by atoms with Crippen LogP contribution >= 0.6 is 23.4 Å². The summed E-state index contributed by atoms with van der Waals surface area (Å²) in [5.74, 6) is -0.581. The van der Waals surface area contributed by atoms with Crippen molar-refractivity contribution in [3.63, 3.8) is 0 Å². The molecule has 8 heteroatoms. The summed E-state index contributed by atoms with van der Waals surface area (Å²) >= 11 is 6.67.